The maximum absolute atomic E-state index is 12.6. The van der Waals surface area contributed by atoms with Gasteiger partial charge in [0.2, 0.25) is 11.8 Å². The first-order chi connectivity index (χ1) is 13.5. The third-order valence-corrected chi connectivity index (χ3v) is 5.79. The van der Waals surface area contributed by atoms with Crippen LogP contribution in [0.4, 0.5) is 0 Å². The van der Waals surface area contributed by atoms with Crippen LogP contribution in [-0.2, 0) is 16.0 Å². The van der Waals surface area contributed by atoms with Crippen molar-refractivity contribution in [1.82, 2.24) is 15.5 Å². The Morgan fingerprint density at radius 3 is 2.79 bits per heavy atom. The number of hydrogen-bond acceptors (Lipinski definition) is 5. The van der Waals surface area contributed by atoms with Gasteiger partial charge in [-0.25, -0.2) is 0 Å². The second-order valence-corrected chi connectivity index (χ2v) is 7.68. The summed E-state index contributed by atoms with van der Waals surface area (Å²) in [7, 11) is 3.22. The summed E-state index contributed by atoms with van der Waals surface area (Å²) >= 11 is 0. The molecule has 1 aromatic carbocycles. The molecule has 2 amide bonds. The smallest absolute Gasteiger partial charge is 0.225 e. The van der Waals surface area contributed by atoms with E-state index in [1.165, 1.54) is 0 Å². The van der Waals surface area contributed by atoms with Crippen LogP contribution in [-0.4, -0.2) is 62.7 Å². The zero-order valence-corrected chi connectivity index (χ0v) is 17.0. The first-order valence-corrected chi connectivity index (χ1v) is 10.0. The van der Waals surface area contributed by atoms with E-state index in [-0.39, 0.29) is 29.8 Å². The van der Waals surface area contributed by atoms with Crippen LogP contribution in [0.2, 0.25) is 0 Å². The molecule has 3 unspecified atom stereocenters. The molecule has 3 rings (SSSR count). The van der Waals surface area contributed by atoms with Gasteiger partial charge in [-0.2, -0.15) is 0 Å². The third-order valence-electron chi connectivity index (χ3n) is 5.79. The predicted octanol–water partition coefficient (Wildman–Crippen LogP) is 1.35. The van der Waals surface area contributed by atoms with E-state index in [4.69, 9.17) is 9.47 Å². The van der Waals surface area contributed by atoms with E-state index in [2.05, 4.69) is 17.6 Å². The minimum absolute atomic E-state index is 0.00233. The first-order valence-electron chi connectivity index (χ1n) is 10.0. The van der Waals surface area contributed by atoms with Gasteiger partial charge in [0.25, 0.3) is 0 Å². The van der Waals surface area contributed by atoms with E-state index < -0.39 is 0 Å². The number of carbonyl (C=O) groups excluding carboxylic acids is 2. The molecule has 2 fully saturated rings. The SMILES string of the molecule is COc1ccc(CCN2CC(C(=O)NC3CCCNC3C)CC2=O)cc1OC. The summed E-state index contributed by atoms with van der Waals surface area (Å²) in [4.78, 5) is 26.8. The van der Waals surface area contributed by atoms with Gasteiger partial charge in [-0.05, 0) is 50.4 Å². The summed E-state index contributed by atoms with van der Waals surface area (Å²) in [6.07, 6.45) is 3.07. The second kappa shape index (κ2) is 9.28. The van der Waals surface area contributed by atoms with Crippen molar-refractivity contribution >= 4 is 11.8 Å². The lowest BCUT2D eigenvalue weighted by Gasteiger charge is -2.31. The number of piperidine rings is 1. The highest BCUT2D eigenvalue weighted by Gasteiger charge is 2.35. The lowest BCUT2D eigenvalue weighted by Crippen LogP contribution is -2.53. The molecule has 28 heavy (non-hydrogen) atoms. The highest BCUT2D eigenvalue weighted by Crippen LogP contribution is 2.28. The molecule has 0 aromatic heterocycles. The molecule has 7 heteroatoms. The van der Waals surface area contributed by atoms with Crippen molar-refractivity contribution in [2.24, 2.45) is 5.92 Å². The average Bonchev–Trinajstić information content (AvgIpc) is 3.08. The molecule has 0 bridgehead atoms. The average molecular weight is 389 g/mol. The molecule has 2 saturated heterocycles. The van der Waals surface area contributed by atoms with Crippen molar-refractivity contribution in [3.63, 3.8) is 0 Å². The van der Waals surface area contributed by atoms with Crippen molar-refractivity contribution < 1.29 is 19.1 Å². The van der Waals surface area contributed by atoms with E-state index in [0.29, 0.717) is 37.4 Å². The van der Waals surface area contributed by atoms with Gasteiger partial charge in [0.15, 0.2) is 11.5 Å². The molecule has 0 spiro atoms. The fourth-order valence-electron chi connectivity index (χ4n) is 4.01. The maximum atomic E-state index is 12.6. The molecule has 7 nitrogen and oxygen atoms in total. The minimum Gasteiger partial charge on any atom is -0.493 e. The van der Waals surface area contributed by atoms with E-state index in [1.54, 1.807) is 19.1 Å². The van der Waals surface area contributed by atoms with E-state index in [1.807, 2.05) is 18.2 Å². The van der Waals surface area contributed by atoms with Gasteiger partial charge in [0, 0.05) is 31.6 Å². The van der Waals surface area contributed by atoms with Crippen molar-refractivity contribution in [2.45, 2.75) is 44.7 Å². The Bertz CT molecular complexity index is 709. The number of ether oxygens (including phenoxy) is 2. The van der Waals surface area contributed by atoms with Gasteiger partial charge in [0.1, 0.15) is 0 Å². The Morgan fingerprint density at radius 1 is 1.29 bits per heavy atom. The van der Waals surface area contributed by atoms with Crippen molar-refractivity contribution in [3.8, 4) is 11.5 Å². The summed E-state index contributed by atoms with van der Waals surface area (Å²) in [5.41, 5.74) is 1.07. The molecule has 2 aliphatic heterocycles. The number of rotatable bonds is 7. The summed E-state index contributed by atoms with van der Waals surface area (Å²) in [5, 5.41) is 6.53. The molecule has 2 aliphatic rings. The third kappa shape index (κ3) is 4.76. The van der Waals surface area contributed by atoms with Gasteiger partial charge in [-0.15, -0.1) is 0 Å². The molecule has 2 heterocycles. The molecular formula is C21H31N3O4. The predicted molar refractivity (Wildman–Crippen MR) is 107 cm³/mol. The normalized spacial score (nSPS) is 24.9. The van der Waals surface area contributed by atoms with Crippen molar-refractivity contribution in [1.29, 1.82) is 0 Å². The standard InChI is InChI=1S/C21H31N3O4/c1-14-17(5-4-9-22-14)23-21(26)16-12-20(25)24(13-16)10-8-15-6-7-18(27-2)19(11-15)28-3/h6-7,11,14,16-17,22H,4-5,8-10,12-13H2,1-3H3,(H,23,26). The van der Waals surface area contributed by atoms with Crippen molar-refractivity contribution in [2.75, 3.05) is 33.9 Å². The number of benzene rings is 1. The molecular weight excluding hydrogens is 358 g/mol. The van der Waals surface area contributed by atoms with E-state index in [0.717, 1.165) is 24.9 Å². The fraction of sp³-hybridized carbons (Fsp3) is 0.619. The lowest BCUT2D eigenvalue weighted by molar-refractivity contribution is -0.129. The minimum atomic E-state index is -0.257. The summed E-state index contributed by atoms with van der Waals surface area (Å²) in [6, 6.07) is 6.20. The molecule has 0 aliphatic carbocycles. The lowest BCUT2D eigenvalue weighted by atomic mass is 9.98. The Kier molecular flexibility index (Phi) is 6.78. The Hall–Kier alpha value is -2.28. The molecule has 0 saturated carbocycles. The van der Waals surface area contributed by atoms with Crippen LogP contribution in [0.3, 0.4) is 0 Å². The van der Waals surface area contributed by atoms with Gasteiger partial charge >= 0.3 is 0 Å². The number of likely N-dealkylation sites (tertiary alicyclic amines) is 1. The number of nitrogens with one attached hydrogen (secondary N) is 2. The van der Waals surface area contributed by atoms with Gasteiger partial charge < -0.3 is 25.0 Å². The Morgan fingerprint density at radius 2 is 2.07 bits per heavy atom. The number of amides is 2. The summed E-state index contributed by atoms with van der Waals surface area (Å²) < 4.78 is 10.6. The van der Waals surface area contributed by atoms with Crippen LogP contribution in [0.1, 0.15) is 31.7 Å². The monoisotopic (exact) mass is 389 g/mol. The van der Waals surface area contributed by atoms with Gasteiger partial charge in [-0.3, -0.25) is 9.59 Å². The van der Waals surface area contributed by atoms with Gasteiger partial charge in [-0.1, -0.05) is 6.07 Å². The van der Waals surface area contributed by atoms with E-state index in [9.17, 15) is 9.59 Å². The van der Waals surface area contributed by atoms with Crippen LogP contribution in [0, 0.1) is 5.92 Å². The van der Waals surface area contributed by atoms with E-state index >= 15 is 0 Å². The van der Waals surface area contributed by atoms with Crippen LogP contribution in [0.15, 0.2) is 18.2 Å². The Labute approximate surface area is 166 Å². The van der Waals surface area contributed by atoms with Crippen LogP contribution in [0.25, 0.3) is 0 Å². The van der Waals surface area contributed by atoms with Crippen molar-refractivity contribution in [3.05, 3.63) is 23.8 Å². The summed E-state index contributed by atoms with van der Waals surface area (Å²) in [6.45, 7) is 4.19. The number of hydrogen-bond donors (Lipinski definition) is 2. The first kappa shape index (κ1) is 20.5. The molecule has 154 valence electrons. The largest absolute Gasteiger partial charge is 0.493 e. The van der Waals surface area contributed by atoms with Crippen LogP contribution >= 0.6 is 0 Å². The molecule has 3 atom stereocenters. The number of methoxy groups -OCH3 is 2. The zero-order chi connectivity index (χ0) is 20.1. The fourth-order valence-corrected chi connectivity index (χ4v) is 4.01. The highest BCUT2D eigenvalue weighted by molar-refractivity contribution is 5.89. The second-order valence-electron chi connectivity index (χ2n) is 7.68. The molecule has 1 aromatic rings. The van der Waals surface area contributed by atoms with Crippen LogP contribution < -0.4 is 20.1 Å². The zero-order valence-electron chi connectivity index (χ0n) is 17.0. The number of nitrogens with zero attached hydrogens (tertiary/aromatic N) is 1. The van der Waals surface area contributed by atoms with Crippen LogP contribution in [0.5, 0.6) is 11.5 Å². The molecule has 2 N–H and O–H groups in total. The number of carbonyl (C=O) groups is 2. The van der Waals surface area contributed by atoms with Gasteiger partial charge in [0.05, 0.1) is 20.1 Å². The molecule has 0 radical (unpaired) electrons. The maximum Gasteiger partial charge on any atom is 0.225 e. The highest BCUT2D eigenvalue weighted by atomic mass is 16.5. The topological polar surface area (TPSA) is 79.9 Å². The quantitative estimate of drug-likeness (QED) is 0.736. The summed E-state index contributed by atoms with van der Waals surface area (Å²) in [5.74, 6) is 1.16. The Balaban J connectivity index is 1.52.